The molecule has 0 aromatic rings. The van der Waals surface area contributed by atoms with Crippen LogP contribution in [0, 0.1) is 12.3 Å². The van der Waals surface area contributed by atoms with Gasteiger partial charge in [-0.05, 0) is 32.4 Å². The van der Waals surface area contributed by atoms with E-state index in [9.17, 15) is 8.42 Å². The molecule has 1 N–H and O–H groups in total. The van der Waals surface area contributed by atoms with Crippen molar-refractivity contribution in [2.45, 2.75) is 33.1 Å². The third-order valence-electron chi connectivity index (χ3n) is 2.71. The number of terminal acetylenes is 1. The van der Waals surface area contributed by atoms with E-state index in [1.807, 2.05) is 6.92 Å². The average molecular weight is 289 g/mol. The van der Waals surface area contributed by atoms with Crippen LogP contribution in [0.1, 0.15) is 33.1 Å². The molecule has 0 bridgehead atoms. The second kappa shape index (κ2) is 10.2. The topological polar surface area (TPSA) is 52.7 Å². The van der Waals surface area contributed by atoms with E-state index in [1.165, 1.54) is 8.61 Å². The molecular formula is C13H27N3O2S. The minimum Gasteiger partial charge on any atom is -0.317 e. The number of nitrogens with one attached hydrogen (secondary N) is 1. The molecule has 0 heterocycles. The molecule has 0 radical (unpaired) electrons. The van der Waals surface area contributed by atoms with Gasteiger partial charge in [-0.25, -0.2) is 0 Å². The third kappa shape index (κ3) is 6.92. The Morgan fingerprint density at radius 1 is 1.16 bits per heavy atom. The summed E-state index contributed by atoms with van der Waals surface area (Å²) in [6.07, 6.45) is 7.86. The van der Waals surface area contributed by atoms with Gasteiger partial charge in [0.25, 0.3) is 10.2 Å². The average Bonchev–Trinajstić information content (AvgIpc) is 2.38. The zero-order valence-corrected chi connectivity index (χ0v) is 13.2. The van der Waals surface area contributed by atoms with E-state index < -0.39 is 10.2 Å². The molecule has 0 rings (SSSR count). The van der Waals surface area contributed by atoms with Crippen molar-refractivity contribution in [1.29, 1.82) is 0 Å². The fourth-order valence-corrected chi connectivity index (χ4v) is 3.07. The highest BCUT2D eigenvalue weighted by Gasteiger charge is 2.24. The Bertz CT molecular complexity index is 363. The van der Waals surface area contributed by atoms with Crippen molar-refractivity contribution in [3.8, 4) is 12.3 Å². The lowest BCUT2D eigenvalue weighted by atomic mass is 10.4. The zero-order valence-electron chi connectivity index (χ0n) is 12.4. The highest BCUT2D eigenvalue weighted by Crippen LogP contribution is 2.07. The van der Waals surface area contributed by atoms with Crippen LogP contribution in [0.3, 0.4) is 0 Å². The van der Waals surface area contributed by atoms with Crippen LogP contribution in [0.5, 0.6) is 0 Å². The van der Waals surface area contributed by atoms with Gasteiger partial charge in [0.1, 0.15) is 0 Å². The number of hydrogen-bond acceptors (Lipinski definition) is 3. The Morgan fingerprint density at radius 3 is 2.37 bits per heavy atom. The summed E-state index contributed by atoms with van der Waals surface area (Å²) in [5.41, 5.74) is 0. The van der Waals surface area contributed by atoms with Gasteiger partial charge in [-0.1, -0.05) is 19.8 Å². The van der Waals surface area contributed by atoms with E-state index in [1.54, 1.807) is 7.05 Å². The molecule has 5 nitrogen and oxygen atoms in total. The molecule has 0 unspecified atom stereocenters. The van der Waals surface area contributed by atoms with Crippen LogP contribution >= 0.6 is 0 Å². The number of rotatable bonds is 11. The van der Waals surface area contributed by atoms with Gasteiger partial charge in [-0.2, -0.15) is 17.0 Å². The Balaban J connectivity index is 4.32. The second-order valence-electron chi connectivity index (χ2n) is 4.47. The molecule has 0 aliphatic rings. The van der Waals surface area contributed by atoms with Gasteiger partial charge in [-0.3, -0.25) is 0 Å². The Morgan fingerprint density at radius 2 is 1.84 bits per heavy atom. The lowest BCUT2D eigenvalue weighted by Crippen LogP contribution is -2.43. The van der Waals surface area contributed by atoms with Crippen molar-refractivity contribution < 1.29 is 8.42 Å². The summed E-state index contributed by atoms with van der Waals surface area (Å²) >= 11 is 0. The minimum atomic E-state index is -3.42. The Labute approximate surface area is 118 Å². The molecule has 0 spiro atoms. The van der Waals surface area contributed by atoms with Crippen LogP contribution in [0.2, 0.25) is 0 Å². The molecule has 0 fully saturated rings. The highest BCUT2D eigenvalue weighted by molar-refractivity contribution is 7.86. The smallest absolute Gasteiger partial charge is 0.282 e. The quantitative estimate of drug-likeness (QED) is 0.454. The monoisotopic (exact) mass is 289 g/mol. The normalized spacial score (nSPS) is 12.0. The molecule has 0 aliphatic carbocycles. The molecule has 0 saturated carbocycles. The molecule has 0 aromatic carbocycles. The maximum absolute atomic E-state index is 12.3. The predicted octanol–water partition coefficient (Wildman–Crippen LogP) is 0.898. The van der Waals surface area contributed by atoms with Crippen LogP contribution in [0.4, 0.5) is 0 Å². The summed E-state index contributed by atoms with van der Waals surface area (Å²) in [5, 5.41) is 3.25. The fraction of sp³-hybridized carbons (Fsp3) is 0.846. The number of nitrogens with zero attached hydrogens (tertiary/aromatic N) is 2. The second-order valence-corrected chi connectivity index (χ2v) is 6.51. The molecule has 0 amide bonds. The summed E-state index contributed by atoms with van der Waals surface area (Å²) in [6.45, 7) is 6.94. The van der Waals surface area contributed by atoms with Gasteiger partial charge >= 0.3 is 0 Å². The van der Waals surface area contributed by atoms with Crippen molar-refractivity contribution in [3.05, 3.63) is 0 Å². The minimum absolute atomic E-state index is 0.134. The molecular weight excluding hydrogens is 262 g/mol. The van der Waals surface area contributed by atoms with Crippen molar-refractivity contribution in [3.63, 3.8) is 0 Å². The summed E-state index contributed by atoms with van der Waals surface area (Å²) in [4.78, 5) is 0. The van der Waals surface area contributed by atoms with Gasteiger partial charge in [0.2, 0.25) is 0 Å². The number of hydrogen-bond donors (Lipinski definition) is 1. The predicted molar refractivity (Wildman–Crippen MR) is 80.0 cm³/mol. The SMILES string of the molecule is C#CCN(CCC)S(=O)(=O)N(C)CCCNCCC. The molecule has 6 heteroatoms. The van der Waals surface area contributed by atoms with Gasteiger partial charge in [0, 0.05) is 20.1 Å². The van der Waals surface area contributed by atoms with Crippen molar-refractivity contribution in [2.24, 2.45) is 0 Å². The third-order valence-corrected chi connectivity index (χ3v) is 4.65. The first-order chi connectivity index (χ1) is 9.00. The van der Waals surface area contributed by atoms with E-state index >= 15 is 0 Å². The van der Waals surface area contributed by atoms with Crippen LogP contribution in [-0.4, -0.2) is 56.8 Å². The van der Waals surface area contributed by atoms with Gasteiger partial charge in [0.05, 0.1) is 6.54 Å². The van der Waals surface area contributed by atoms with Crippen LogP contribution in [0.15, 0.2) is 0 Å². The molecule has 112 valence electrons. The van der Waals surface area contributed by atoms with Crippen LogP contribution in [0.25, 0.3) is 0 Å². The van der Waals surface area contributed by atoms with E-state index in [0.29, 0.717) is 13.1 Å². The standard InChI is InChI=1S/C13H27N3O2S/c1-5-9-14-10-8-13-15(4)19(17,18)16(11-6-2)12-7-3/h2,14H,5,7-13H2,1,3-4H3. The lowest BCUT2D eigenvalue weighted by molar-refractivity contribution is 0.374. The zero-order chi connectivity index (χ0) is 14.7. The van der Waals surface area contributed by atoms with E-state index in [-0.39, 0.29) is 6.54 Å². The van der Waals surface area contributed by atoms with E-state index in [4.69, 9.17) is 6.42 Å². The first-order valence-corrected chi connectivity index (χ1v) is 8.25. The molecule has 0 aliphatic heterocycles. The lowest BCUT2D eigenvalue weighted by Gasteiger charge is -2.25. The van der Waals surface area contributed by atoms with Crippen LogP contribution in [-0.2, 0) is 10.2 Å². The van der Waals surface area contributed by atoms with Gasteiger partial charge in [-0.15, -0.1) is 6.42 Å². The van der Waals surface area contributed by atoms with Crippen molar-refractivity contribution >= 4 is 10.2 Å². The molecule has 0 saturated heterocycles. The first-order valence-electron chi connectivity index (χ1n) is 6.86. The molecule has 19 heavy (non-hydrogen) atoms. The summed E-state index contributed by atoms with van der Waals surface area (Å²) in [7, 11) is -1.82. The van der Waals surface area contributed by atoms with Crippen molar-refractivity contribution in [1.82, 2.24) is 13.9 Å². The maximum Gasteiger partial charge on any atom is 0.282 e. The summed E-state index contributed by atoms with van der Waals surface area (Å²) < 4.78 is 27.3. The van der Waals surface area contributed by atoms with E-state index in [0.717, 1.165) is 32.4 Å². The molecule has 0 aromatic heterocycles. The maximum atomic E-state index is 12.3. The first kappa shape index (κ1) is 18.4. The van der Waals surface area contributed by atoms with E-state index in [2.05, 4.69) is 18.2 Å². The Kier molecular flexibility index (Phi) is 9.88. The van der Waals surface area contributed by atoms with Gasteiger partial charge in [0.15, 0.2) is 0 Å². The highest BCUT2D eigenvalue weighted by atomic mass is 32.2. The van der Waals surface area contributed by atoms with Crippen LogP contribution < -0.4 is 5.32 Å². The largest absolute Gasteiger partial charge is 0.317 e. The summed E-state index contributed by atoms with van der Waals surface area (Å²) in [6, 6.07) is 0. The molecule has 0 atom stereocenters. The van der Waals surface area contributed by atoms with Crippen molar-refractivity contribution in [2.75, 3.05) is 39.8 Å². The van der Waals surface area contributed by atoms with Gasteiger partial charge < -0.3 is 5.32 Å². The Hall–Kier alpha value is -0.610. The fourth-order valence-electron chi connectivity index (χ4n) is 1.67. The summed E-state index contributed by atoms with van der Waals surface area (Å²) in [5.74, 6) is 2.41.